The third-order valence-corrected chi connectivity index (χ3v) is 6.28. The second-order valence-electron chi connectivity index (χ2n) is 8.26. The fourth-order valence-corrected chi connectivity index (χ4v) is 4.87. The minimum atomic E-state index is -0.442. The molecule has 0 heteroatoms. The van der Waals surface area contributed by atoms with Gasteiger partial charge in [0.2, 0.25) is 0 Å². The first-order valence-electron chi connectivity index (χ1n) is 11.1. The molecule has 0 saturated heterocycles. The minimum absolute atomic E-state index is 0.442. The predicted octanol–water partition coefficient (Wildman–Crippen LogP) is 8.04. The van der Waals surface area contributed by atoms with Gasteiger partial charge in [0.05, 0.1) is 5.41 Å². The first-order chi connectivity index (χ1) is 15.8. The van der Waals surface area contributed by atoms with Gasteiger partial charge in [-0.25, -0.2) is 0 Å². The van der Waals surface area contributed by atoms with Crippen molar-refractivity contribution in [1.82, 2.24) is 0 Å². The Morgan fingerprint density at radius 1 is 0.438 bits per heavy atom. The standard InChI is InChI=1S/C32H26/c1-25-22-23-31(30(24-25)26-14-6-2-7-15-26)32(27-16-8-3-9-17-27,28-18-10-4-11-19-28)29-20-12-5-13-21-29/h2-24H,1H3. The van der Waals surface area contributed by atoms with Crippen molar-refractivity contribution in [2.24, 2.45) is 0 Å². The molecule has 5 aromatic rings. The zero-order valence-corrected chi connectivity index (χ0v) is 18.3. The number of rotatable bonds is 5. The molecule has 0 fully saturated rings. The SMILES string of the molecule is Cc1ccc(C(c2ccccc2)(c2ccccc2)c2ccccc2)c(-c2ccccc2)c1. The molecule has 0 bridgehead atoms. The van der Waals surface area contributed by atoms with Crippen molar-refractivity contribution in [2.45, 2.75) is 12.3 Å². The van der Waals surface area contributed by atoms with Crippen molar-refractivity contribution in [3.05, 3.63) is 167 Å². The molecule has 32 heavy (non-hydrogen) atoms. The highest BCUT2D eigenvalue weighted by Gasteiger charge is 2.39. The van der Waals surface area contributed by atoms with Crippen molar-refractivity contribution < 1.29 is 0 Å². The van der Waals surface area contributed by atoms with E-state index in [1.54, 1.807) is 0 Å². The van der Waals surface area contributed by atoms with E-state index in [1.807, 2.05) is 0 Å². The van der Waals surface area contributed by atoms with Gasteiger partial charge in [-0.2, -0.15) is 0 Å². The van der Waals surface area contributed by atoms with Crippen LogP contribution in [0.25, 0.3) is 11.1 Å². The van der Waals surface area contributed by atoms with Crippen LogP contribution >= 0.6 is 0 Å². The van der Waals surface area contributed by atoms with Crippen LogP contribution in [-0.2, 0) is 5.41 Å². The summed E-state index contributed by atoms with van der Waals surface area (Å²) in [6.07, 6.45) is 0. The van der Waals surface area contributed by atoms with E-state index in [9.17, 15) is 0 Å². The Balaban J connectivity index is 1.95. The highest BCUT2D eigenvalue weighted by Crippen LogP contribution is 2.48. The van der Waals surface area contributed by atoms with Gasteiger partial charge in [-0.05, 0) is 40.3 Å². The Morgan fingerprint density at radius 2 is 0.844 bits per heavy atom. The van der Waals surface area contributed by atoms with Gasteiger partial charge in [0.25, 0.3) is 0 Å². The van der Waals surface area contributed by atoms with Gasteiger partial charge < -0.3 is 0 Å². The van der Waals surface area contributed by atoms with Crippen molar-refractivity contribution in [3.63, 3.8) is 0 Å². The summed E-state index contributed by atoms with van der Waals surface area (Å²) in [5.41, 5.74) is 8.40. The molecular formula is C32H26. The molecule has 0 radical (unpaired) electrons. The van der Waals surface area contributed by atoms with Crippen molar-refractivity contribution in [3.8, 4) is 11.1 Å². The normalized spacial score (nSPS) is 11.3. The van der Waals surface area contributed by atoms with Gasteiger partial charge in [-0.1, -0.05) is 145 Å². The number of hydrogen-bond acceptors (Lipinski definition) is 0. The number of benzene rings is 5. The average molecular weight is 411 g/mol. The van der Waals surface area contributed by atoms with Crippen molar-refractivity contribution in [2.75, 3.05) is 0 Å². The molecule has 5 aromatic carbocycles. The van der Waals surface area contributed by atoms with Gasteiger partial charge in [0.15, 0.2) is 0 Å². The fourth-order valence-electron chi connectivity index (χ4n) is 4.87. The Bertz CT molecular complexity index is 1190. The van der Waals surface area contributed by atoms with Crippen LogP contribution in [0.2, 0.25) is 0 Å². The Labute approximate surface area is 190 Å². The van der Waals surface area contributed by atoms with Crippen LogP contribution in [0.5, 0.6) is 0 Å². The lowest BCUT2D eigenvalue weighted by molar-refractivity contribution is 0.747. The molecule has 0 atom stereocenters. The Morgan fingerprint density at radius 3 is 1.28 bits per heavy atom. The van der Waals surface area contributed by atoms with Crippen molar-refractivity contribution in [1.29, 1.82) is 0 Å². The molecular weight excluding hydrogens is 384 g/mol. The summed E-state index contributed by atoms with van der Waals surface area (Å²) < 4.78 is 0. The van der Waals surface area contributed by atoms with Crippen LogP contribution in [0.1, 0.15) is 27.8 Å². The van der Waals surface area contributed by atoms with E-state index in [2.05, 4.69) is 146 Å². The molecule has 0 heterocycles. The number of aryl methyl sites for hydroxylation is 1. The first-order valence-corrected chi connectivity index (χ1v) is 11.1. The third-order valence-electron chi connectivity index (χ3n) is 6.28. The summed E-state index contributed by atoms with van der Waals surface area (Å²) in [5, 5.41) is 0. The highest BCUT2D eigenvalue weighted by molar-refractivity contribution is 5.75. The molecule has 0 unspecified atom stereocenters. The van der Waals surface area contributed by atoms with Gasteiger partial charge in [0.1, 0.15) is 0 Å². The Hall–Kier alpha value is -3.90. The van der Waals surface area contributed by atoms with Crippen LogP contribution in [-0.4, -0.2) is 0 Å². The quantitative estimate of drug-likeness (QED) is 0.257. The third kappa shape index (κ3) is 3.44. The van der Waals surface area contributed by atoms with Gasteiger partial charge in [0, 0.05) is 0 Å². The fraction of sp³-hybridized carbons (Fsp3) is 0.0625. The zero-order valence-electron chi connectivity index (χ0n) is 18.3. The first kappa shape index (κ1) is 20.0. The van der Waals surface area contributed by atoms with Crippen LogP contribution < -0.4 is 0 Å². The monoisotopic (exact) mass is 410 g/mol. The lowest BCUT2D eigenvalue weighted by Gasteiger charge is -2.38. The maximum Gasteiger partial charge on any atom is 0.0707 e. The van der Waals surface area contributed by atoms with Gasteiger partial charge >= 0.3 is 0 Å². The van der Waals surface area contributed by atoms with E-state index in [1.165, 1.54) is 38.9 Å². The molecule has 0 nitrogen and oxygen atoms in total. The Kier molecular flexibility index (Phi) is 5.44. The van der Waals surface area contributed by atoms with E-state index in [0.717, 1.165) is 0 Å². The molecule has 0 aliphatic carbocycles. The van der Waals surface area contributed by atoms with Crippen LogP contribution in [0.4, 0.5) is 0 Å². The van der Waals surface area contributed by atoms with Gasteiger partial charge in [-0.3, -0.25) is 0 Å². The molecule has 0 saturated carbocycles. The van der Waals surface area contributed by atoms with Crippen LogP contribution in [0, 0.1) is 6.92 Å². The lowest BCUT2D eigenvalue weighted by Crippen LogP contribution is -2.31. The van der Waals surface area contributed by atoms with Crippen LogP contribution in [0.3, 0.4) is 0 Å². The van der Waals surface area contributed by atoms with E-state index < -0.39 is 5.41 Å². The largest absolute Gasteiger partial charge is 0.0707 e. The number of hydrogen-bond donors (Lipinski definition) is 0. The maximum atomic E-state index is 2.33. The smallest absolute Gasteiger partial charge is 0.0622 e. The summed E-state index contributed by atoms with van der Waals surface area (Å²) in [5.74, 6) is 0. The van der Waals surface area contributed by atoms with Crippen molar-refractivity contribution >= 4 is 0 Å². The van der Waals surface area contributed by atoms with Gasteiger partial charge in [-0.15, -0.1) is 0 Å². The summed E-state index contributed by atoms with van der Waals surface area (Å²) >= 11 is 0. The summed E-state index contributed by atoms with van der Waals surface area (Å²) in [4.78, 5) is 0. The molecule has 0 spiro atoms. The average Bonchev–Trinajstić information content (AvgIpc) is 2.88. The molecule has 0 amide bonds. The highest BCUT2D eigenvalue weighted by atomic mass is 14.4. The summed E-state index contributed by atoms with van der Waals surface area (Å²) in [7, 11) is 0. The molecule has 5 rings (SSSR count). The van der Waals surface area contributed by atoms with E-state index in [4.69, 9.17) is 0 Å². The molecule has 0 aromatic heterocycles. The molecule has 0 aliphatic heterocycles. The van der Waals surface area contributed by atoms with E-state index in [0.29, 0.717) is 0 Å². The lowest BCUT2D eigenvalue weighted by atomic mass is 9.63. The molecule has 0 aliphatic rings. The molecule has 154 valence electrons. The second kappa shape index (κ2) is 8.69. The maximum absolute atomic E-state index is 2.33. The van der Waals surface area contributed by atoms with E-state index in [-0.39, 0.29) is 0 Å². The van der Waals surface area contributed by atoms with E-state index >= 15 is 0 Å². The minimum Gasteiger partial charge on any atom is -0.0622 e. The zero-order chi connectivity index (χ0) is 21.8. The summed E-state index contributed by atoms with van der Waals surface area (Å²) in [6, 6.07) is 50.3. The van der Waals surface area contributed by atoms with Crippen LogP contribution in [0.15, 0.2) is 140 Å². The second-order valence-corrected chi connectivity index (χ2v) is 8.26. The molecule has 0 N–H and O–H groups in total. The predicted molar refractivity (Wildman–Crippen MR) is 135 cm³/mol. The summed E-state index contributed by atoms with van der Waals surface area (Å²) in [6.45, 7) is 2.17. The topological polar surface area (TPSA) is 0 Å².